The van der Waals surface area contributed by atoms with Crippen molar-refractivity contribution in [2.24, 2.45) is 0 Å². The van der Waals surface area contributed by atoms with E-state index in [1.165, 1.54) is 33.4 Å². The number of carbonyl (C=O) groups excluding carboxylic acids is 3. The number of rotatable bonds is 10. The van der Waals surface area contributed by atoms with Gasteiger partial charge in [-0.25, -0.2) is 10.3 Å². The molecule has 0 saturated carbocycles. The lowest BCUT2D eigenvalue weighted by Gasteiger charge is -2.26. The minimum absolute atomic E-state index is 0.0930. The topological polar surface area (TPSA) is 117 Å². The number of likely N-dealkylation sites (N-methyl/N-ethyl adjacent to an activating group) is 2. The molecule has 180 valence electrons. The molecule has 0 aliphatic heterocycles. The van der Waals surface area contributed by atoms with Gasteiger partial charge in [-0.2, -0.15) is 0 Å². The SMILES string of the molecule is C=C.CCCC(OC)ONC(=O)C(C(=O)NC)N(C)C(=O)c1ccc(C#C/C=C/CO)cc1. The lowest BCUT2D eigenvalue weighted by atomic mass is 10.1. The van der Waals surface area contributed by atoms with Crippen molar-refractivity contribution in [1.82, 2.24) is 15.7 Å². The number of nitrogens with one attached hydrogen (secondary N) is 2. The first kappa shape index (κ1) is 29.5. The van der Waals surface area contributed by atoms with E-state index in [4.69, 9.17) is 14.7 Å². The van der Waals surface area contributed by atoms with Crippen LogP contribution in [0.15, 0.2) is 49.6 Å². The third-order valence-electron chi connectivity index (χ3n) is 4.18. The highest BCUT2D eigenvalue weighted by Gasteiger charge is 2.34. The van der Waals surface area contributed by atoms with E-state index < -0.39 is 30.1 Å². The maximum atomic E-state index is 12.8. The highest BCUT2D eigenvalue weighted by Crippen LogP contribution is 2.10. The zero-order valence-electron chi connectivity index (χ0n) is 19.6. The van der Waals surface area contributed by atoms with E-state index in [0.29, 0.717) is 12.0 Å². The number of aliphatic hydroxyl groups is 1. The molecule has 0 spiro atoms. The summed E-state index contributed by atoms with van der Waals surface area (Å²) in [4.78, 5) is 44.0. The van der Waals surface area contributed by atoms with Crippen LogP contribution in [0.4, 0.5) is 0 Å². The number of amides is 3. The molecule has 2 unspecified atom stereocenters. The molecule has 0 heterocycles. The van der Waals surface area contributed by atoms with Crippen LogP contribution in [-0.4, -0.2) is 67.9 Å². The van der Waals surface area contributed by atoms with Crippen molar-refractivity contribution in [3.8, 4) is 11.8 Å². The summed E-state index contributed by atoms with van der Waals surface area (Å²) in [6.45, 7) is 7.84. The minimum atomic E-state index is -1.44. The van der Waals surface area contributed by atoms with Crippen molar-refractivity contribution in [1.29, 1.82) is 0 Å². The molecule has 3 N–H and O–H groups in total. The predicted molar refractivity (Wildman–Crippen MR) is 126 cm³/mol. The number of methoxy groups -OCH3 is 1. The molecule has 9 nitrogen and oxygen atoms in total. The Hall–Kier alpha value is -3.45. The smallest absolute Gasteiger partial charge is 0.276 e. The lowest BCUT2D eigenvalue weighted by Crippen LogP contribution is -2.55. The van der Waals surface area contributed by atoms with Gasteiger partial charge < -0.3 is 20.1 Å². The summed E-state index contributed by atoms with van der Waals surface area (Å²) in [6, 6.07) is 4.95. The largest absolute Gasteiger partial charge is 0.392 e. The molecular weight excluding hydrogens is 426 g/mol. The second-order valence-corrected chi connectivity index (χ2v) is 6.40. The molecule has 0 radical (unpaired) electrons. The molecule has 1 aromatic carbocycles. The second kappa shape index (κ2) is 17.1. The molecule has 33 heavy (non-hydrogen) atoms. The first-order valence-electron chi connectivity index (χ1n) is 10.2. The maximum absolute atomic E-state index is 12.8. The van der Waals surface area contributed by atoms with E-state index >= 15 is 0 Å². The van der Waals surface area contributed by atoms with Crippen molar-refractivity contribution >= 4 is 17.7 Å². The fraction of sp³-hybridized carbons (Fsp3) is 0.375. The number of hydrogen-bond acceptors (Lipinski definition) is 6. The average molecular weight is 460 g/mol. The summed E-state index contributed by atoms with van der Waals surface area (Å²) < 4.78 is 5.09. The Labute approximate surface area is 195 Å². The van der Waals surface area contributed by atoms with Gasteiger partial charge in [0, 0.05) is 38.8 Å². The molecule has 1 aromatic rings. The number of nitrogens with zero attached hydrogens (tertiary/aromatic N) is 1. The molecule has 9 heteroatoms. The van der Waals surface area contributed by atoms with E-state index in [0.717, 1.165) is 11.3 Å². The van der Waals surface area contributed by atoms with Crippen molar-refractivity contribution in [3.63, 3.8) is 0 Å². The summed E-state index contributed by atoms with van der Waals surface area (Å²) >= 11 is 0. The average Bonchev–Trinajstić information content (AvgIpc) is 2.85. The molecule has 1 rings (SSSR count). The second-order valence-electron chi connectivity index (χ2n) is 6.40. The molecule has 0 saturated heterocycles. The van der Waals surface area contributed by atoms with Crippen molar-refractivity contribution in [3.05, 3.63) is 60.7 Å². The Morgan fingerprint density at radius 2 is 1.85 bits per heavy atom. The van der Waals surface area contributed by atoms with Gasteiger partial charge in [-0.3, -0.25) is 14.4 Å². The van der Waals surface area contributed by atoms with Gasteiger partial charge >= 0.3 is 0 Å². The van der Waals surface area contributed by atoms with E-state index in [1.807, 2.05) is 6.92 Å². The number of benzene rings is 1. The third-order valence-corrected chi connectivity index (χ3v) is 4.18. The van der Waals surface area contributed by atoms with Gasteiger partial charge in [0.25, 0.3) is 17.7 Å². The Bertz CT molecular complexity index is 842. The van der Waals surface area contributed by atoms with Crippen LogP contribution in [0, 0.1) is 11.8 Å². The number of aliphatic hydroxyl groups excluding tert-OH is 1. The first-order chi connectivity index (χ1) is 15.9. The number of hydroxylamine groups is 1. The van der Waals surface area contributed by atoms with Gasteiger partial charge in [0.2, 0.25) is 0 Å². The maximum Gasteiger partial charge on any atom is 0.276 e. The standard InChI is InChI=1S/C22H29N3O6.C2H4/c1-5-9-18(30-4)31-24-21(28)19(20(27)23-2)25(3)22(29)17-13-11-16(12-14-17)10-7-6-8-15-26;1-2/h6,8,11-14,18-19,26H,5,9,15H2,1-4H3,(H,23,27)(H,24,28);1-2H2/b8-6+;. The van der Waals surface area contributed by atoms with E-state index in [9.17, 15) is 14.4 Å². The van der Waals surface area contributed by atoms with Gasteiger partial charge in [-0.05, 0) is 30.3 Å². The Kier molecular flexibility index (Phi) is 15.4. The van der Waals surface area contributed by atoms with Gasteiger partial charge in [-0.15, -0.1) is 13.2 Å². The van der Waals surface area contributed by atoms with Crippen LogP contribution in [0.3, 0.4) is 0 Å². The predicted octanol–water partition coefficient (Wildman–Crippen LogP) is 1.40. The van der Waals surface area contributed by atoms with E-state index in [1.54, 1.807) is 24.3 Å². The number of hydrogen-bond donors (Lipinski definition) is 3. The Morgan fingerprint density at radius 1 is 1.21 bits per heavy atom. The van der Waals surface area contributed by atoms with Crippen LogP contribution in [0.1, 0.15) is 35.7 Å². The highest BCUT2D eigenvalue weighted by molar-refractivity contribution is 6.08. The zero-order valence-corrected chi connectivity index (χ0v) is 19.6. The van der Waals surface area contributed by atoms with Gasteiger partial charge in [0.05, 0.1) is 6.61 Å². The summed E-state index contributed by atoms with van der Waals surface area (Å²) in [7, 11) is 4.17. The van der Waals surface area contributed by atoms with Crippen LogP contribution in [0.2, 0.25) is 0 Å². The van der Waals surface area contributed by atoms with Gasteiger partial charge in [-0.1, -0.05) is 31.3 Å². The number of allylic oxidation sites excluding steroid dienone is 1. The molecule has 0 aliphatic carbocycles. The molecule has 0 fully saturated rings. The van der Waals surface area contributed by atoms with Crippen molar-refractivity contribution in [2.45, 2.75) is 32.1 Å². The summed E-state index contributed by atoms with van der Waals surface area (Å²) in [5, 5.41) is 11.1. The normalized spacial score (nSPS) is 11.8. The first-order valence-corrected chi connectivity index (χ1v) is 10.2. The van der Waals surface area contributed by atoms with Crippen LogP contribution >= 0.6 is 0 Å². The van der Waals surface area contributed by atoms with E-state index in [2.05, 4.69) is 35.8 Å². The molecular formula is C24H33N3O6. The van der Waals surface area contributed by atoms with Crippen LogP contribution in [0.25, 0.3) is 0 Å². The van der Waals surface area contributed by atoms with Crippen molar-refractivity contribution < 1.29 is 29.1 Å². The van der Waals surface area contributed by atoms with Crippen LogP contribution in [-0.2, 0) is 19.2 Å². The fourth-order valence-electron chi connectivity index (χ4n) is 2.50. The molecule has 2 atom stereocenters. The summed E-state index contributed by atoms with van der Waals surface area (Å²) in [6.07, 6.45) is 3.67. The summed E-state index contributed by atoms with van der Waals surface area (Å²) in [5.41, 5.74) is 3.15. The third kappa shape index (κ3) is 10.1. The number of carbonyl (C=O) groups is 3. The molecule has 0 aromatic heterocycles. The molecule has 3 amide bonds. The molecule has 0 bridgehead atoms. The zero-order chi connectivity index (χ0) is 25.2. The monoisotopic (exact) mass is 459 g/mol. The Morgan fingerprint density at radius 3 is 2.36 bits per heavy atom. The van der Waals surface area contributed by atoms with Crippen LogP contribution < -0.4 is 10.8 Å². The van der Waals surface area contributed by atoms with Gasteiger partial charge in [0.1, 0.15) is 0 Å². The fourth-order valence-corrected chi connectivity index (χ4v) is 2.50. The van der Waals surface area contributed by atoms with Gasteiger partial charge in [0.15, 0.2) is 12.3 Å². The highest BCUT2D eigenvalue weighted by atomic mass is 16.8. The van der Waals surface area contributed by atoms with Crippen molar-refractivity contribution in [2.75, 3.05) is 27.8 Å². The number of ether oxygens (including phenoxy) is 1. The Balaban J connectivity index is 0.00000497. The quantitative estimate of drug-likeness (QED) is 0.160. The molecule has 0 aliphatic rings. The van der Waals surface area contributed by atoms with E-state index in [-0.39, 0.29) is 12.2 Å². The minimum Gasteiger partial charge on any atom is -0.392 e. The summed E-state index contributed by atoms with van der Waals surface area (Å²) in [5.74, 6) is 3.61. The van der Waals surface area contributed by atoms with Crippen LogP contribution in [0.5, 0.6) is 0 Å². The lowest BCUT2D eigenvalue weighted by molar-refractivity contribution is -0.182.